The van der Waals surface area contributed by atoms with Gasteiger partial charge in [0.2, 0.25) is 0 Å². The Balaban J connectivity index is 1.91. The number of aliphatic hydroxyl groups excluding tert-OH is 1. The fourth-order valence-electron chi connectivity index (χ4n) is 2.25. The molecule has 4 amide bonds. The third kappa shape index (κ3) is 5.68. The lowest BCUT2D eigenvalue weighted by Gasteiger charge is -2.17. The summed E-state index contributed by atoms with van der Waals surface area (Å²) in [5.41, 5.74) is 5.71. The zero-order valence-corrected chi connectivity index (χ0v) is 14.6. The average Bonchev–Trinajstić information content (AvgIpc) is 2.66. The molecule has 1 atom stereocenters. The molecule has 10 heteroatoms. The number of halogens is 1. The topological polar surface area (TPSA) is 154 Å². The molecule has 0 saturated heterocycles. The maximum absolute atomic E-state index is 13.1. The van der Waals surface area contributed by atoms with Gasteiger partial charge in [0.05, 0.1) is 12.6 Å². The lowest BCUT2D eigenvalue weighted by molar-refractivity contribution is 0.0887. The van der Waals surface area contributed by atoms with Crippen LogP contribution in [0.5, 0.6) is 5.75 Å². The summed E-state index contributed by atoms with van der Waals surface area (Å²) in [4.78, 5) is 35.0. The first-order valence-electron chi connectivity index (χ1n) is 8.15. The van der Waals surface area contributed by atoms with E-state index in [0.717, 1.165) is 12.1 Å². The highest BCUT2D eigenvalue weighted by atomic mass is 19.1. The van der Waals surface area contributed by atoms with Gasteiger partial charge in [-0.05, 0) is 42.5 Å². The molecule has 0 spiro atoms. The second-order valence-corrected chi connectivity index (χ2v) is 5.80. The second-order valence-electron chi connectivity index (χ2n) is 5.80. The Labute approximate surface area is 159 Å². The van der Waals surface area contributed by atoms with Crippen LogP contribution in [0.2, 0.25) is 0 Å². The van der Waals surface area contributed by atoms with Crippen LogP contribution in [0.3, 0.4) is 0 Å². The number of primary amides is 1. The van der Waals surface area contributed by atoms with Gasteiger partial charge >= 0.3 is 6.03 Å². The molecule has 0 fully saturated rings. The molecule has 0 heterocycles. The summed E-state index contributed by atoms with van der Waals surface area (Å²) in [7, 11) is 0. The molecule has 0 unspecified atom stereocenters. The van der Waals surface area contributed by atoms with Crippen LogP contribution in [-0.2, 0) is 0 Å². The van der Waals surface area contributed by atoms with Crippen LogP contribution in [0.4, 0.5) is 14.9 Å². The fraction of sp³-hybridized carbons (Fsp3) is 0.167. The Bertz CT molecular complexity index is 873. The summed E-state index contributed by atoms with van der Waals surface area (Å²) in [6.45, 7) is -0.532. The maximum Gasteiger partial charge on any atom is 0.316 e. The van der Waals surface area contributed by atoms with Gasteiger partial charge < -0.3 is 31.9 Å². The van der Waals surface area contributed by atoms with E-state index in [9.17, 15) is 29.0 Å². The van der Waals surface area contributed by atoms with Crippen molar-refractivity contribution in [1.82, 2.24) is 10.6 Å². The molecule has 0 aliphatic carbocycles. The average molecular weight is 390 g/mol. The SMILES string of the molecule is NC(=O)Nc1ccc(C(=O)NC[C@H](CO)NC(=O)c2ccc(F)c(O)c2)cc1. The van der Waals surface area contributed by atoms with Crippen LogP contribution in [0.1, 0.15) is 20.7 Å². The van der Waals surface area contributed by atoms with Gasteiger partial charge in [-0.1, -0.05) is 0 Å². The lowest BCUT2D eigenvalue weighted by Crippen LogP contribution is -2.45. The molecule has 0 saturated carbocycles. The van der Waals surface area contributed by atoms with E-state index in [1.54, 1.807) is 0 Å². The molecule has 148 valence electrons. The Morgan fingerprint density at radius 3 is 2.25 bits per heavy atom. The molecule has 7 N–H and O–H groups in total. The zero-order chi connectivity index (χ0) is 20.7. The monoisotopic (exact) mass is 390 g/mol. The number of nitrogens with two attached hydrogens (primary N) is 1. The number of nitrogens with one attached hydrogen (secondary N) is 3. The van der Waals surface area contributed by atoms with Crippen LogP contribution in [0.25, 0.3) is 0 Å². The summed E-state index contributed by atoms with van der Waals surface area (Å²) < 4.78 is 13.1. The lowest BCUT2D eigenvalue weighted by atomic mass is 10.1. The highest BCUT2D eigenvalue weighted by Crippen LogP contribution is 2.16. The minimum atomic E-state index is -0.862. The van der Waals surface area contributed by atoms with Gasteiger partial charge in [-0.2, -0.15) is 0 Å². The van der Waals surface area contributed by atoms with Gasteiger partial charge in [0.1, 0.15) is 0 Å². The number of aliphatic hydroxyl groups is 1. The van der Waals surface area contributed by atoms with Crippen LogP contribution in [0, 0.1) is 5.82 Å². The molecular weight excluding hydrogens is 371 g/mol. The summed E-state index contributed by atoms with van der Waals surface area (Å²) in [6.07, 6.45) is 0. The van der Waals surface area contributed by atoms with E-state index < -0.39 is 42.1 Å². The third-order valence-corrected chi connectivity index (χ3v) is 3.69. The number of carbonyl (C=O) groups excluding carboxylic acids is 3. The van der Waals surface area contributed by atoms with E-state index >= 15 is 0 Å². The van der Waals surface area contributed by atoms with E-state index in [0.29, 0.717) is 11.3 Å². The molecule has 9 nitrogen and oxygen atoms in total. The van der Waals surface area contributed by atoms with Crippen LogP contribution < -0.4 is 21.7 Å². The van der Waals surface area contributed by atoms with Crippen molar-refractivity contribution in [2.24, 2.45) is 5.73 Å². The van der Waals surface area contributed by atoms with Crippen LogP contribution in [0.15, 0.2) is 42.5 Å². The summed E-state index contributed by atoms with van der Waals surface area (Å²) in [5.74, 6) is -2.64. The number of carbonyl (C=O) groups is 3. The van der Waals surface area contributed by atoms with E-state index in [-0.39, 0.29) is 12.1 Å². The Hall–Kier alpha value is -3.66. The first-order chi connectivity index (χ1) is 13.3. The molecule has 0 radical (unpaired) electrons. The summed E-state index contributed by atoms with van der Waals surface area (Å²) in [5, 5.41) is 26.1. The number of phenols is 1. The number of aromatic hydroxyl groups is 1. The van der Waals surface area contributed by atoms with Gasteiger partial charge in [-0.15, -0.1) is 0 Å². The molecular formula is C18H19FN4O5. The molecule has 0 aromatic heterocycles. The largest absolute Gasteiger partial charge is 0.505 e. The molecule has 2 rings (SSSR count). The van der Waals surface area contributed by atoms with Gasteiger partial charge in [0.25, 0.3) is 11.8 Å². The Morgan fingerprint density at radius 1 is 1.04 bits per heavy atom. The third-order valence-electron chi connectivity index (χ3n) is 3.69. The zero-order valence-electron chi connectivity index (χ0n) is 14.6. The number of anilines is 1. The quantitative estimate of drug-likeness (QED) is 0.407. The van der Waals surface area contributed by atoms with Gasteiger partial charge in [0, 0.05) is 23.4 Å². The highest BCUT2D eigenvalue weighted by Gasteiger charge is 2.16. The minimum Gasteiger partial charge on any atom is -0.505 e. The maximum atomic E-state index is 13.1. The molecule has 0 aliphatic rings. The number of amides is 4. The standard InChI is InChI=1S/C18H19FN4O5/c19-14-6-3-11(7-15(14)25)17(27)22-13(9-24)8-21-16(26)10-1-4-12(5-2-10)23-18(20)28/h1-7,13,24-25H,8-9H2,(H,21,26)(H,22,27)(H3,20,23,28)/t13-/m1/s1. The van der Waals surface area contributed by atoms with Crippen molar-refractivity contribution in [3.63, 3.8) is 0 Å². The van der Waals surface area contributed by atoms with Gasteiger partial charge in [-0.3, -0.25) is 9.59 Å². The van der Waals surface area contributed by atoms with E-state index in [2.05, 4.69) is 16.0 Å². The highest BCUT2D eigenvalue weighted by molar-refractivity contribution is 5.96. The van der Waals surface area contributed by atoms with Crippen molar-refractivity contribution in [1.29, 1.82) is 0 Å². The normalized spacial score (nSPS) is 11.4. The minimum absolute atomic E-state index is 0.00113. The predicted molar refractivity (Wildman–Crippen MR) is 98.4 cm³/mol. The summed E-state index contributed by atoms with van der Waals surface area (Å²) in [6, 6.07) is 7.46. The first-order valence-corrected chi connectivity index (χ1v) is 8.15. The van der Waals surface area contributed by atoms with Crippen LogP contribution in [-0.4, -0.2) is 47.3 Å². The van der Waals surface area contributed by atoms with E-state index in [1.807, 2.05) is 0 Å². The number of rotatable bonds is 7. The van der Waals surface area contributed by atoms with E-state index in [1.165, 1.54) is 30.3 Å². The predicted octanol–water partition coefficient (Wildman–Crippen LogP) is 0.543. The number of phenolic OH excluding ortho intramolecular Hbond substituents is 1. The number of hydrogen-bond donors (Lipinski definition) is 6. The molecule has 28 heavy (non-hydrogen) atoms. The molecule has 0 aliphatic heterocycles. The van der Waals surface area contributed by atoms with E-state index in [4.69, 9.17) is 5.73 Å². The van der Waals surface area contributed by atoms with Crippen molar-refractivity contribution < 1.29 is 29.0 Å². The molecule has 2 aromatic rings. The summed E-state index contributed by atoms with van der Waals surface area (Å²) >= 11 is 0. The van der Waals surface area contributed by atoms with Crippen molar-refractivity contribution in [3.8, 4) is 5.75 Å². The molecule has 2 aromatic carbocycles. The van der Waals surface area contributed by atoms with Crippen molar-refractivity contribution >= 4 is 23.5 Å². The van der Waals surface area contributed by atoms with Gasteiger partial charge in [0.15, 0.2) is 11.6 Å². The second kappa shape index (κ2) is 9.33. The number of benzene rings is 2. The Morgan fingerprint density at radius 2 is 1.68 bits per heavy atom. The van der Waals surface area contributed by atoms with Crippen molar-refractivity contribution in [3.05, 3.63) is 59.4 Å². The fourth-order valence-corrected chi connectivity index (χ4v) is 2.25. The van der Waals surface area contributed by atoms with Crippen LogP contribution >= 0.6 is 0 Å². The van der Waals surface area contributed by atoms with Crippen molar-refractivity contribution in [2.75, 3.05) is 18.5 Å². The van der Waals surface area contributed by atoms with Gasteiger partial charge in [-0.25, -0.2) is 9.18 Å². The first kappa shape index (κ1) is 20.6. The Kier molecular flexibility index (Phi) is 6.88. The number of urea groups is 1. The smallest absolute Gasteiger partial charge is 0.316 e. The number of hydrogen-bond acceptors (Lipinski definition) is 5. The van der Waals surface area contributed by atoms with Crippen molar-refractivity contribution in [2.45, 2.75) is 6.04 Å². The molecule has 0 bridgehead atoms.